The van der Waals surface area contributed by atoms with Crippen LogP contribution in [0.1, 0.15) is 1.37 Å². The lowest BCUT2D eigenvalue weighted by Crippen LogP contribution is -1.61. The van der Waals surface area contributed by atoms with Crippen LogP contribution >= 0.6 is 0 Å². The average molecular weight is 119 g/mol. The van der Waals surface area contributed by atoms with Gasteiger partial charge in [0.05, 0.1) is 1.37 Å². The maximum Gasteiger partial charge on any atom is 0.0623 e. The maximum atomic E-state index is 7.30. The lowest BCUT2D eigenvalue weighted by molar-refractivity contribution is 1.48. The third kappa shape index (κ3) is 0.617. The van der Waals surface area contributed by atoms with Gasteiger partial charge in [0.25, 0.3) is 0 Å². The molecule has 9 heavy (non-hydrogen) atoms. The van der Waals surface area contributed by atoms with Crippen LogP contribution < -0.4 is 0 Å². The molecule has 0 aliphatic carbocycles. The molecule has 44 valence electrons. The number of rotatable bonds is 0. The van der Waals surface area contributed by atoms with Gasteiger partial charge >= 0.3 is 0 Å². The van der Waals surface area contributed by atoms with E-state index in [-0.39, 0.29) is 0 Å². The summed E-state index contributed by atoms with van der Waals surface area (Å²) in [5, 5.41) is 1.10. The van der Waals surface area contributed by atoms with Crippen LogP contribution in [0.15, 0.2) is 36.5 Å². The van der Waals surface area contributed by atoms with Gasteiger partial charge in [-0.2, -0.15) is 0 Å². The fourth-order valence-electron chi connectivity index (χ4n) is 0.934. The molecule has 0 aliphatic rings. The Morgan fingerprint density at radius 2 is 2.33 bits per heavy atom. The third-order valence-electron chi connectivity index (χ3n) is 1.40. The maximum absolute atomic E-state index is 7.30. The molecule has 0 fully saturated rings. The summed E-state index contributed by atoms with van der Waals surface area (Å²) in [4.78, 5) is 3.06. The molecule has 1 heteroatoms. The topological polar surface area (TPSA) is 15.8 Å². The second-order valence-corrected chi connectivity index (χ2v) is 1.99. The number of H-pyrrole nitrogens is 1. The lowest BCUT2D eigenvalue weighted by atomic mass is 10.3. The van der Waals surface area contributed by atoms with Gasteiger partial charge in [-0.25, -0.2) is 0 Å². The normalized spacial score (nSPS) is 11.8. The molecule has 0 radical (unpaired) electrons. The van der Waals surface area contributed by atoms with Gasteiger partial charge in [-0.3, -0.25) is 0 Å². The first-order chi connectivity index (χ1) is 4.86. The summed E-state index contributed by atoms with van der Waals surface area (Å²) in [6.45, 7) is 0. The number of fused-ring (bicyclic) bond motifs is 1. The molecule has 1 nitrogen and oxygen atoms in total. The van der Waals surface area contributed by atoms with E-state index in [1.165, 1.54) is 0 Å². The van der Waals surface area contributed by atoms with Crippen molar-refractivity contribution in [2.75, 3.05) is 0 Å². The summed E-state index contributed by atoms with van der Waals surface area (Å²) in [5.41, 5.74) is 1.09. The van der Waals surface area contributed by atoms with E-state index >= 15 is 0 Å². The fourth-order valence-corrected chi connectivity index (χ4v) is 0.934. The summed E-state index contributed by atoms with van der Waals surface area (Å²) < 4.78 is 7.30. The Labute approximate surface area is 54.7 Å². The second-order valence-electron chi connectivity index (χ2n) is 1.99. The predicted octanol–water partition coefficient (Wildman–Crippen LogP) is 2.17. The van der Waals surface area contributed by atoms with Crippen LogP contribution in [0.5, 0.6) is 0 Å². The minimum atomic E-state index is 0.562. The van der Waals surface area contributed by atoms with E-state index in [1.54, 1.807) is 6.07 Å². The lowest BCUT2D eigenvalue weighted by Gasteiger charge is -1.83. The van der Waals surface area contributed by atoms with E-state index in [9.17, 15) is 0 Å². The van der Waals surface area contributed by atoms with Crippen molar-refractivity contribution < 1.29 is 1.37 Å². The van der Waals surface area contributed by atoms with E-state index in [4.69, 9.17) is 1.37 Å². The van der Waals surface area contributed by atoms with E-state index in [0.717, 1.165) is 10.9 Å². The second kappa shape index (κ2) is 1.62. The Kier molecular flexibility index (Phi) is 0.671. The number of hydrogen-bond donors (Lipinski definition) is 1. The Morgan fingerprint density at radius 1 is 1.33 bits per heavy atom. The number of aromatic amines is 1. The van der Waals surface area contributed by atoms with E-state index in [1.807, 2.05) is 24.4 Å². The van der Waals surface area contributed by atoms with Crippen LogP contribution in [0.3, 0.4) is 0 Å². The van der Waals surface area contributed by atoms with Crippen molar-refractivity contribution >= 4 is 10.9 Å². The molecule has 1 N–H and O–H groups in total. The SMILES string of the molecule is [3H]c1ccc2[nH]ccc2c1. The molecule has 0 aliphatic heterocycles. The quantitative estimate of drug-likeness (QED) is 0.547. The van der Waals surface area contributed by atoms with Gasteiger partial charge in [0.2, 0.25) is 0 Å². The number of nitrogens with one attached hydrogen (secondary N) is 1. The molecule has 0 spiro atoms. The van der Waals surface area contributed by atoms with Crippen LogP contribution in [0, 0.1) is 0 Å². The van der Waals surface area contributed by atoms with E-state index in [2.05, 4.69) is 4.98 Å². The summed E-state index contributed by atoms with van der Waals surface area (Å²) in [6.07, 6.45) is 1.88. The number of aromatic nitrogens is 1. The fraction of sp³-hybridized carbons (Fsp3) is 0. The van der Waals surface area contributed by atoms with Crippen molar-refractivity contribution in [1.29, 1.82) is 0 Å². The molecule has 2 aromatic rings. The zero-order valence-electron chi connectivity index (χ0n) is 5.89. The van der Waals surface area contributed by atoms with Crippen molar-refractivity contribution in [2.24, 2.45) is 0 Å². The van der Waals surface area contributed by atoms with Crippen molar-refractivity contribution in [1.82, 2.24) is 4.98 Å². The van der Waals surface area contributed by atoms with Crippen molar-refractivity contribution in [3.8, 4) is 0 Å². The van der Waals surface area contributed by atoms with Crippen LogP contribution in [-0.4, -0.2) is 4.98 Å². The first-order valence-electron chi connectivity index (χ1n) is 3.40. The van der Waals surface area contributed by atoms with Crippen LogP contribution in [0.2, 0.25) is 0 Å². The molecule has 0 amide bonds. The smallest absolute Gasteiger partial charge is 0.0623 e. The van der Waals surface area contributed by atoms with Gasteiger partial charge in [-0.1, -0.05) is 18.2 Å². The Morgan fingerprint density at radius 3 is 3.33 bits per heavy atom. The Bertz CT molecular complexity index is 351. The van der Waals surface area contributed by atoms with Gasteiger partial charge in [-0.05, 0) is 17.5 Å². The highest BCUT2D eigenvalue weighted by Gasteiger charge is 1.86. The molecule has 1 aromatic carbocycles. The standard InChI is InChI=1S/C8H7N/c1-2-4-8-7(3-1)5-6-9-8/h1-6,9H/i1T. The first-order valence-corrected chi connectivity index (χ1v) is 2.90. The van der Waals surface area contributed by atoms with Gasteiger partial charge in [0.15, 0.2) is 0 Å². The molecular weight excluding hydrogens is 110 g/mol. The predicted molar refractivity (Wildman–Crippen MR) is 38.3 cm³/mol. The van der Waals surface area contributed by atoms with Crippen molar-refractivity contribution in [3.63, 3.8) is 0 Å². The number of para-hydroxylation sites is 1. The zero-order valence-corrected chi connectivity index (χ0v) is 4.89. The van der Waals surface area contributed by atoms with E-state index < -0.39 is 0 Å². The molecular formula is C8H7N. The first kappa shape index (κ1) is 3.72. The molecule has 1 heterocycles. The Hall–Kier alpha value is -1.24. The van der Waals surface area contributed by atoms with Gasteiger partial charge in [-0.15, -0.1) is 0 Å². The molecule has 1 aromatic heterocycles. The van der Waals surface area contributed by atoms with Gasteiger partial charge in [0.1, 0.15) is 0 Å². The van der Waals surface area contributed by atoms with Crippen molar-refractivity contribution in [2.45, 2.75) is 0 Å². The minimum Gasteiger partial charge on any atom is -0.361 e. The zero-order chi connectivity index (χ0) is 6.97. The molecule has 0 atom stereocenters. The highest BCUT2D eigenvalue weighted by atomic mass is 14.6. The van der Waals surface area contributed by atoms with Gasteiger partial charge in [0, 0.05) is 11.7 Å². The summed E-state index contributed by atoms with van der Waals surface area (Å²) in [5.74, 6) is 0. The average Bonchev–Trinajstić information content (AvgIpc) is 2.33. The molecule has 0 saturated carbocycles. The van der Waals surface area contributed by atoms with Crippen LogP contribution in [0.25, 0.3) is 10.9 Å². The summed E-state index contributed by atoms with van der Waals surface area (Å²) >= 11 is 0. The number of hydrogen-bond acceptors (Lipinski definition) is 0. The molecule has 0 saturated heterocycles. The minimum absolute atomic E-state index is 0.562. The largest absolute Gasteiger partial charge is 0.361 e. The molecule has 2 rings (SSSR count). The summed E-state index contributed by atoms with van der Waals surface area (Å²) in [6, 6.07) is 8.06. The van der Waals surface area contributed by atoms with Gasteiger partial charge < -0.3 is 4.98 Å². The van der Waals surface area contributed by atoms with Crippen LogP contribution in [0.4, 0.5) is 0 Å². The number of benzene rings is 1. The van der Waals surface area contributed by atoms with Crippen LogP contribution in [-0.2, 0) is 0 Å². The van der Waals surface area contributed by atoms with E-state index in [0.29, 0.717) is 6.04 Å². The third-order valence-corrected chi connectivity index (χ3v) is 1.40. The molecule has 0 bridgehead atoms. The molecule has 0 unspecified atom stereocenters. The van der Waals surface area contributed by atoms with Crippen molar-refractivity contribution in [3.05, 3.63) is 36.5 Å². The Balaban J connectivity index is 2.86. The monoisotopic (exact) mass is 119 g/mol. The summed E-state index contributed by atoms with van der Waals surface area (Å²) in [7, 11) is 0. The highest BCUT2D eigenvalue weighted by Crippen LogP contribution is 2.09. The highest BCUT2D eigenvalue weighted by molar-refractivity contribution is 5.78.